The van der Waals surface area contributed by atoms with Gasteiger partial charge < -0.3 is 5.32 Å². The number of hydrogen-bond donors (Lipinski definition) is 1. The molecule has 0 bridgehead atoms. The van der Waals surface area contributed by atoms with Gasteiger partial charge >= 0.3 is 0 Å². The predicted molar refractivity (Wildman–Crippen MR) is 93.2 cm³/mol. The van der Waals surface area contributed by atoms with Gasteiger partial charge in [-0.25, -0.2) is 0 Å². The fourth-order valence-electron chi connectivity index (χ4n) is 2.60. The first kappa shape index (κ1) is 17.3. The summed E-state index contributed by atoms with van der Waals surface area (Å²) in [7, 11) is 0. The Morgan fingerprint density at radius 3 is 2.57 bits per heavy atom. The van der Waals surface area contributed by atoms with Crippen molar-refractivity contribution in [3.8, 4) is 0 Å². The van der Waals surface area contributed by atoms with E-state index in [4.69, 9.17) is 0 Å². The standard InChI is InChI=1S/C19H27N3O/c1-14(2)10-11-19(23)20-12-18-15(3)21-22(16(18)4)13-17-8-6-5-7-9-17/h5-9,14H,10-13H2,1-4H3,(H,20,23). The van der Waals surface area contributed by atoms with Crippen molar-refractivity contribution in [1.82, 2.24) is 15.1 Å². The fraction of sp³-hybridized carbons (Fsp3) is 0.474. The first-order valence-electron chi connectivity index (χ1n) is 8.31. The van der Waals surface area contributed by atoms with E-state index < -0.39 is 0 Å². The zero-order valence-electron chi connectivity index (χ0n) is 14.6. The summed E-state index contributed by atoms with van der Waals surface area (Å²) in [5, 5.41) is 7.64. The molecule has 0 saturated carbocycles. The van der Waals surface area contributed by atoms with Gasteiger partial charge in [-0.05, 0) is 31.7 Å². The minimum atomic E-state index is 0.119. The van der Waals surface area contributed by atoms with Crippen LogP contribution in [0.25, 0.3) is 0 Å². The Bertz CT molecular complexity index is 644. The van der Waals surface area contributed by atoms with Crippen LogP contribution in [0.3, 0.4) is 0 Å². The normalized spacial score (nSPS) is 11.0. The highest BCUT2D eigenvalue weighted by atomic mass is 16.1. The highest BCUT2D eigenvalue weighted by Gasteiger charge is 2.13. The molecular formula is C19H27N3O. The summed E-state index contributed by atoms with van der Waals surface area (Å²) in [6.07, 6.45) is 1.52. The first-order chi connectivity index (χ1) is 11.0. The van der Waals surface area contributed by atoms with Gasteiger partial charge in [-0.3, -0.25) is 9.48 Å². The zero-order valence-corrected chi connectivity index (χ0v) is 14.6. The highest BCUT2D eigenvalue weighted by molar-refractivity contribution is 5.75. The van der Waals surface area contributed by atoms with E-state index in [1.807, 2.05) is 29.8 Å². The number of rotatable bonds is 7. The number of aryl methyl sites for hydroxylation is 1. The molecule has 1 aromatic carbocycles. The molecule has 2 aromatic rings. The van der Waals surface area contributed by atoms with Crippen LogP contribution in [-0.4, -0.2) is 15.7 Å². The fourth-order valence-corrected chi connectivity index (χ4v) is 2.60. The van der Waals surface area contributed by atoms with E-state index in [1.165, 1.54) is 5.56 Å². The van der Waals surface area contributed by atoms with Gasteiger partial charge in [0.05, 0.1) is 12.2 Å². The molecule has 1 heterocycles. The lowest BCUT2D eigenvalue weighted by Gasteiger charge is -2.08. The minimum Gasteiger partial charge on any atom is -0.352 e. The maximum Gasteiger partial charge on any atom is 0.220 e. The van der Waals surface area contributed by atoms with Crippen LogP contribution in [0.1, 0.15) is 49.2 Å². The van der Waals surface area contributed by atoms with Crippen LogP contribution in [0.2, 0.25) is 0 Å². The second-order valence-electron chi connectivity index (χ2n) is 6.50. The molecule has 0 unspecified atom stereocenters. The monoisotopic (exact) mass is 313 g/mol. The van der Waals surface area contributed by atoms with Gasteiger partial charge in [0.2, 0.25) is 5.91 Å². The van der Waals surface area contributed by atoms with Gasteiger partial charge in [0.1, 0.15) is 0 Å². The third kappa shape index (κ3) is 4.95. The molecule has 1 aromatic heterocycles. The Morgan fingerprint density at radius 1 is 1.22 bits per heavy atom. The maximum absolute atomic E-state index is 11.9. The van der Waals surface area contributed by atoms with E-state index >= 15 is 0 Å². The van der Waals surface area contributed by atoms with Crippen LogP contribution in [0.5, 0.6) is 0 Å². The van der Waals surface area contributed by atoms with Crippen LogP contribution in [0.15, 0.2) is 30.3 Å². The number of aromatic nitrogens is 2. The second-order valence-corrected chi connectivity index (χ2v) is 6.50. The molecule has 0 saturated heterocycles. The Labute approximate surface area is 138 Å². The number of hydrogen-bond acceptors (Lipinski definition) is 2. The van der Waals surface area contributed by atoms with Gasteiger partial charge in [-0.2, -0.15) is 5.10 Å². The molecule has 1 amide bonds. The van der Waals surface area contributed by atoms with Gasteiger partial charge in [0.15, 0.2) is 0 Å². The molecule has 4 heteroatoms. The quantitative estimate of drug-likeness (QED) is 0.849. The minimum absolute atomic E-state index is 0.119. The molecule has 23 heavy (non-hydrogen) atoms. The Kier molecular flexibility index (Phi) is 5.97. The molecule has 0 fully saturated rings. The summed E-state index contributed by atoms with van der Waals surface area (Å²) in [4.78, 5) is 11.9. The van der Waals surface area contributed by atoms with Crippen molar-refractivity contribution in [2.45, 2.75) is 53.6 Å². The number of nitrogens with one attached hydrogen (secondary N) is 1. The first-order valence-corrected chi connectivity index (χ1v) is 8.31. The summed E-state index contributed by atoms with van der Waals surface area (Å²) in [5.74, 6) is 0.672. The molecule has 0 radical (unpaired) electrons. The molecule has 1 N–H and O–H groups in total. The predicted octanol–water partition coefficient (Wildman–Crippen LogP) is 3.60. The van der Waals surface area contributed by atoms with Crippen molar-refractivity contribution < 1.29 is 4.79 Å². The highest BCUT2D eigenvalue weighted by Crippen LogP contribution is 2.15. The van der Waals surface area contributed by atoms with Crippen molar-refractivity contribution in [3.63, 3.8) is 0 Å². The van der Waals surface area contributed by atoms with E-state index in [0.717, 1.165) is 29.9 Å². The van der Waals surface area contributed by atoms with Crippen LogP contribution >= 0.6 is 0 Å². The van der Waals surface area contributed by atoms with Crippen molar-refractivity contribution in [2.75, 3.05) is 0 Å². The van der Waals surface area contributed by atoms with E-state index in [-0.39, 0.29) is 5.91 Å². The molecule has 0 aliphatic rings. The number of amides is 1. The topological polar surface area (TPSA) is 46.9 Å². The number of carbonyl (C=O) groups is 1. The lowest BCUT2D eigenvalue weighted by molar-refractivity contribution is -0.121. The van der Waals surface area contributed by atoms with Gasteiger partial charge in [0.25, 0.3) is 0 Å². The zero-order chi connectivity index (χ0) is 16.8. The van der Waals surface area contributed by atoms with E-state index in [1.54, 1.807) is 0 Å². The maximum atomic E-state index is 11.9. The molecule has 0 spiro atoms. The van der Waals surface area contributed by atoms with Gasteiger partial charge in [0, 0.05) is 24.2 Å². The van der Waals surface area contributed by atoms with Crippen molar-refractivity contribution >= 4 is 5.91 Å². The van der Waals surface area contributed by atoms with E-state index in [0.29, 0.717) is 18.9 Å². The summed E-state index contributed by atoms with van der Waals surface area (Å²) in [5.41, 5.74) is 4.46. The lowest BCUT2D eigenvalue weighted by Crippen LogP contribution is -2.23. The third-order valence-corrected chi connectivity index (χ3v) is 4.12. The number of carbonyl (C=O) groups excluding carboxylic acids is 1. The average Bonchev–Trinajstić information content (AvgIpc) is 2.78. The van der Waals surface area contributed by atoms with Crippen LogP contribution in [0, 0.1) is 19.8 Å². The Hall–Kier alpha value is -2.10. The molecule has 0 aliphatic carbocycles. The second kappa shape index (κ2) is 7.95. The summed E-state index contributed by atoms with van der Waals surface area (Å²) >= 11 is 0. The number of nitrogens with zero attached hydrogens (tertiary/aromatic N) is 2. The molecule has 0 atom stereocenters. The molecule has 0 aliphatic heterocycles. The van der Waals surface area contributed by atoms with Gasteiger partial charge in [-0.15, -0.1) is 0 Å². The Morgan fingerprint density at radius 2 is 1.91 bits per heavy atom. The van der Waals surface area contributed by atoms with Crippen molar-refractivity contribution in [1.29, 1.82) is 0 Å². The molecule has 124 valence electrons. The van der Waals surface area contributed by atoms with Crippen molar-refractivity contribution in [3.05, 3.63) is 52.8 Å². The van der Waals surface area contributed by atoms with Crippen molar-refractivity contribution in [2.24, 2.45) is 5.92 Å². The SMILES string of the molecule is Cc1nn(Cc2ccccc2)c(C)c1CNC(=O)CCC(C)C. The number of benzene rings is 1. The molecule has 2 rings (SSSR count). The molecular weight excluding hydrogens is 286 g/mol. The Balaban J connectivity index is 1.99. The smallest absolute Gasteiger partial charge is 0.220 e. The summed E-state index contributed by atoms with van der Waals surface area (Å²) < 4.78 is 2.01. The third-order valence-electron chi connectivity index (χ3n) is 4.12. The molecule has 4 nitrogen and oxygen atoms in total. The van der Waals surface area contributed by atoms with Gasteiger partial charge in [-0.1, -0.05) is 44.2 Å². The largest absolute Gasteiger partial charge is 0.352 e. The summed E-state index contributed by atoms with van der Waals surface area (Å²) in [6.45, 7) is 9.66. The summed E-state index contributed by atoms with van der Waals surface area (Å²) in [6, 6.07) is 10.3. The van der Waals surface area contributed by atoms with E-state index in [2.05, 4.69) is 43.3 Å². The van der Waals surface area contributed by atoms with Crippen LogP contribution in [-0.2, 0) is 17.9 Å². The van der Waals surface area contributed by atoms with Crippen LogP contribution in [0.4, 0.5) is 0 Å². The van der Waals surface area contributed by atoms with Crippen LogP contribution < -0.4 is 5.32 Å². The van der Waals surface area contributed by atoms with E-state index in [9.17, 15) is 4.79 Å². The average molecular weight is 313 g/mol. The lowest BCUT2D eigenvalue weighted by atomic mass is 10.1.